The van der Waals surface area contributed by atoms with E-state index in [4.69, 9.17) is 14.2 Å². The molecule has 1 saturated heterocycles. The Morgan fingerprint density at radius 2 is 1.64 bits per heavy atom. The van der Waals surface area contributed by atoms with Gasteiger partial charge in [-0.25, -0.2) is 18.2 Å². The second-order valence-electron chi connectivity index (χ2n) is 15.0. The highest BCUT2D eigenvalue weighted by Crippen LogP contribution is 2.40. The van der Waals surface area contributed by atoms with E-state index in [2.05, 4.69) is 35.9 Å². The fraction of sp³-hybridized carbons (Fsp3) is 0.310. The fourth-order valence-electron chi connectivity index (χ4n) is 6.61. The Hall–Kier alpha value is -6.10. The molecule has 6 N–H and O–H groups in total. The van der Waals surface area contributed by atoms with Gasteiger partial charge in [0.05, 0.1) is 49.2 Å². The number of carbonyl (C=O) groups excluding carboxylic acids is 2. The first kappa shape index (κ1) is 41.5. The Kier molecular flexibility index (Phi) is 12.6. The van der Waals surface area contributed by atoms with Crippen LogP contribution in [0.2, 0.25) is 0 Å². The highest BCUT2D eigenvalue weighted by Gasteiger charge is 2.23. The van der Waals surface area contributed by atoms with Crippen LogP contribution in [0.5, 0.6) is 23.0 Å². The second-order valence-corrected chi connectivity index (χ2v) is 16.7. The van der Waals surface area contributed by atoms with E-state index < -0.39 is 16.1 Å². The van der Waals surface area contributed by atoms with Crippen LogP contribution in [0.1, 0.15) is 43.1 Å². The number of β-amino-alcohol motifs (C(OH)–C–C–N with tert-alkyl or cyclic N) is 1. The molecule has 1 aliphatic heterocycles. The van der Waals surface area contributed by atoms with E-state index in [9.17, 15) is 23.1 Å². The standard InChI is InChI=1S/C42H49N7O8S/c1-42(2,3)26-21-34(39(56-5)35(22-26)48-58(6,53)54)47-41(52)46-33-13-14-36(31-10-8-7-9-30(31)33)57-29-15-17-43-38(24-29)45-27-11-12-32(37(23-27)55-4)40(51)44-18-20-49-19-16-28(50)25-49/h7-15,17,21-24,28,48,50H,16,18-20,25H2,1-6H3,(H,43,45)(H,44,51)(H2,46,47,52)/t28-/m1/s1. The molecule has 1 aromatic heterocycles. The van der Waals surface area contributed by atoms with Crippen LogP contribution in [-0.4, -0.2) is 88.1 Å². The maximum absolute atomic E-state index is 13.5. The third-order valence-corrected chi connectivity index (χ3v) is 10.1. The van der Waals surface area contributed by atoms with E-state index in [0.29, 0.717) is 65.0 Å². The maximum atomic E-state index is 13.5. The molecule has 0 saturated carbocycles. The van der Waals surface area contributed by atoms with Crippen LogP contribution < -0.4 is 40.2 Å². The first-order valence-corrected chi connectivity index (χ1v) is 20.6. The number of hydrogen-bond acceptors (Lipinski definition) is 11. The van der Waals surface area contributed by atoms with E-state index in [0.717, 1.165) is 30.2 Å². The van der Waals surface area contributed by atoms with Gasteiger partial charge in [-0.2, -0.15) is 0 Å². The summed E-state index contributed by atoms with van der Waals surface area (Å²) in [5.74, 6) is 1.83. The Balaban J connectivity index is 1.15. The molecule has 0 radical (unpaired) electrons. The van der Waals surface area contributed by atoms with Crippen molar-refractivity contribution >= 4 is 61.3 Å². The van der Waals surface area contributed by atoms with E-state index in [1.165, 1.54) is 14.2 Å². The molecule has 16 heteroatoms. The van der Waals surface area contributed by atoms with Gasteiger partial charge in [0.15, 0.2) is 5.75 Å². The highest BCUT2D eigenvalue weighted by molar-refractivity contribution is 7.92. The molecule has 1 aliphatic rings. The zero-order valence-electron chi connectivity index (χ0n) is 33.3. The van der Waals surface area contributed by atoms with Gasteiger partial charge in [0.25, 0.3) is 5.91 Å². The number of nitrogens with zero attached hydrogens (tertiary/aromatic N) is 2. The minimum Gasteiger partial charge on any atom is -0.496 e. The summed E-state index contributed by atoms with van der Waals surface area (Å²) in [5.41, 5.74) is 2.45. The van der Waals surface area contributed by atoms with Gasteiger partial charge in [0.2, 0.25) is 10.0 Å². The van der Waals surface area contributed by atoms with Gasteiger partial charge in [-0.3, -0.25) is 14.4 Å². The molecule has 0 bridgehead atoms. The first-order valence-electron chi connectivity index (χ1n) is 18.7. The quantitative estimate of drug-likeness (QED) is 0.0684. The smallest absolute Gasteiger partial charge is 0.323 e. The molecule has 0 unspecified atom stereocenters. The van der Waals surface area contributed by atoms with Gasteiger partial charge < -0.3 is 40.6 Å². The molecule has 15 nitrogen and oxygen atoms in total. The normalized spacial score (nSPS) is 14.4. The van der Waals surface area contributed by atoms with Gasteiger partial charge in [-0.15, -0.1) is 0 Å². The van der Waals surface area contributed by atoms with Gasteiger partial charge in [0.1, 0.15) is 23.1 Å². The SMILES string of the molecule is COc1cc(Nc2cc(Oc3ccc(NC(=O)Nc4cc(C(C)(C)C)cc(NS(C)(=O)=O)c4OC)c4ccccc34)ccn2)ccc1C(=O)NCCN1CC[C@@H](O)C1. The number of aliphatic hydroxyl groups excluding tert-OH is 1. The molecule has 58 heavy (non-hydrogen) atoms. The first-order chi connectivity index (χ1) is 27.6. The maximum Gasteiger partial charge on any atom is 0.323 e. The third-order valence-electron chi connectivity index (χ3n) is 9.47. The average Bonchev–Trinajstić information content (AvgIpc) is 3.59. The molecular weight excluding hydrogens is 763 g/mol. The van der Waals surface area contributed by atoms with Crippen LogP contribution in [-0.2, 0) is 15.4 Å². The Morgan fingerprint density at radius 3 is 2.33 bits per heavy atom. The number of aromatic nitrogens is 1. The summed E-state index contributed by atoms with van der Waals surface area (Å²) in [5, 5.41) is 23.1. The number of benzene rings is 4. The van der Waals surface area contributed by atoms with Crippen molar-refractivity contribution < 1.29 is 37.3 Å². The molecule has 3 amide bonds. The van der Waals surface area contributed by atoms with Crippen molar-refractivity contribution in [2.45, 2.75) is 38.7 Å². The van der Waals surface area contributed by atoms with E-state index in [1.807, 2.05) is 45.0 Å². The summed E-state index contributed by atoms with van der Waals surface area (Å²) >= 11 is 0. The number of nitrogens with one attached hydrogen (secondary N) is 5. The van der Waals surface area contributed by atoms with Crippen molar-refractivity contribution in [1.82, 2.24) is 15.2 Å². The number of aliphatic hydroxyl groups is 1. The number of hydrogen-bond donors (Lipinski definition) is 6. The van der Waals surface area contributed by atoms with Crippen molar-refractivity contribution in [3.63, 3.8) is 0 Å². The van der Waals surface area contributed by atoms with Crippen LogP contribution in [0.4, 0.5) is 33.4 Å². The van der Waals surface area contributed by atoms with Crippen LogP contribution in [0.3, 0.4) is 0 Å². The van der Waals surface area contributed by atoms with Crippen LogP contribution >= 0.6 is 0 Å². The molecular formula is C42H49N7O8S. The average molecular weight is 812 g/mol. The predicted octanol–water partition coefficient (Wildman–Crippen LogP) is 6.90. The van der Waals surface area contributed by atoms with E-state index >= 15 is 0 Å². The number of urea groups is 1. The summed E-state index contributed by atoms with van der Waals surface area (Å²) in [7, 11) is -0.738. The summed E-state index contributed by atoms with van der Waals surface area (Å²) in [6.45, 7) is 8.47. The number of ether oxygens (including phenoxy) is 3. The van der Waals surface area contributed by atoms with Crippen LogP contribution in [0.25, 0.3) is 10.8 Å². The predicted molar refractivity (Wildman–Crippen MR) is 227 cm³/mol. The summed E-state index contributed by atoms with van der Waals surface area (Å²) in [4.78, 5) is 33.0. The molecule has 1 atom stereocenters. The third kappa shape index (κ3) is 10.4. The Labute approximate surface area is 338 Å². The highest BCUT2D eigenvalue weighted by atomic mass is 32.2. The molecule has 0 spiro atoms. The summed E-state index contributed by atoms with van der Waals surface area (Å²) < 4.78 is 44.3. The van der Waals surface area contributed by atoms with Crippen molar-refractivity contribution in [2.75, 3.05) is 67.3 Å². The minimum absolute atomic E-state index is 0.166. The topological polar surface area (TPSA) is 192 Å². The molecule has 5 aromatic rings. The zero-order valence-corrected chi connectivity index (χ0v) is 34.1. The van der Waals surface area contributed by atoms with Crippen molar-refractivity contribution in [2.24, 2.45) is 0 Å². The van der Waals surface area contributed by atoms with Crippen LogP contribution in [0, 0.1) is 0 Å². The Bertz CT molecular complexity index is 2420. The molecule has 2 heterocycles. The number of carbonyl (C=O) groups is 2. The summed E-state index contributed by atoms with van der Waals surface area (Å²) in [6.07, 6.45) is 3.09. The van der Waals surface area contributed by atoms with Gasteiger partial charge in [0, 0.05) is 61.0 Å². The van der Waals surface area contributed by atoms with Crippen molar-refractivity contribution in [3.8, 4) is 23.0 Å². The Morgan fingerprint density at radius 1 is 0.897 bits per heavy atom. The molecule has 1 fully saturated rings. The number of methoxy groups -OCH3 is 2. The number of pyridine rings is 1. The zero-order chi connectivity index (χ0) is 41.6. The van der Waals surface area contributed by atoms with Crippen molar-refractivity contribution in [1.29, 1.82) is 0 Å². The van der Waals surface area contributed by atoms with E-state index in [1.54, 1.807) is 60.8 Å². The minimum atomic E-state index is -3.65. The molecule has 0 aliphatic carbocycles. The lowest BCUT2D eigenvalue weighted by atomic mass is 9.86. The number of fused-ring (bicyclic) bond motifs is 1. The number of rotatable bonds is 14. The lowest BCUT2D eigenvalue weighted by Gasteiger charge is -2.24. The monoisotopic (exact) mass is 811 g/mol. The van der Waals surface area contributed by atoms with Gasteiger partial charge >= 0.3 is 6.03 Å². The van der Waals surface area contributed by atoms with E-state index in [-0.39, 0.29) is 34.6 Å². The molecule has 4 aromatic carbocycles. The van der Waals surface area contributed by atoms with Gasteiger partial charge in [-0.1, -0.05) is 45.0 Å². The largest absolute Gasteiger partial charge is 0.496 e. The number of amides is 3. The lowest BCUT2D eigenvalue weighted by molar-refractivity contribution is 0.0946. The van der Waals surface area contributed by atoms with Crippen molar-refractivity contribution in [3.05, 3.63) is 96.2 Å². The molecule has 6 rings (SSSR count). The molecule has 306 valence electrons. The lowest BCUT2D eigenvalue weighted by Crippen LogP contribution is -2.34. The number of anilines is 5. The number of likely N-dealkylation sites (tertiary alicyclic amines) is 1. The second kappa shape index (κ2) is 17.6. The summed E-state index contributed by atoms with van der Waals surface area (Å²) in [6, 6.07) is 22.5. The fourth-order valence-corrected chi connectivity index (χ4v) is 7.16. The number of sulfonamides is 1. The van der Waals surface area contributed by atoms with Crippen LogP contribution in [0.15, 0.2) is 85.1 Å². The van der Waals surface area contributed by atoms with Gasteiger partial charge in [-0.05, 0) is 59.9 Å².